The van der Waals surface area contributed by atoms with Crippen molar-refractivity contribution in [2.45, 2.75) is 32.4 Å². The molecule has 0 heterocycles. The first kappa shape index (κ1) is 13.9. The van der Waals surface area contributed by atoms with Gasteiger partial charge >= 0.3 is 5.97 Å². The molecule has 15 heavy (non-hydrogen) atoms. The predicted octanol–water partition coefficient (Wildman–Crippen LogP) is -1.04. The molecule has 0 fully saturated rings. The molecule has 0 rings (SSSR count). The van der Waals surface area contributed by atoms with E-state index < -0.39 is 30.6 Å². The summed E-state index contributed by atoms with van der Waals surface area (Å²) < 4.78 is 0. The Morgan fingerprint density at radius 2 is 1.87 bits per heavy atom. The van der Waals surface area contributed by atoms with Crippen LogP contribution in [0.15, 0.2) is 0 Å². The van der Waals surface area contributed by atoms with Crippen molar-refractivity contribution >= 4 is 11.9 Å². The minimum absolute atomic E-state index is 0.109. The van der Waals surface area contributed by atoms with Crippen molar-refractivity contribution < 1.29 is 24.9 Å². The number of amides is 1. The van der Waals surface area contributed by atoms with Crippen LogP contribution < -0.4 is 5.32 Å². The van der Waals surface area contributed by atoms with Crippen LogP contribution >= 0.6 is 0 Å². The molecule has 0 saturated carbocycles. The average Bonchev–Trinajstić information content (AvgIpc) is 2.14. The maximum absolute atomic E-state index is 11.1. The van der Waals surface area contributed by atoms with Crippen molar-refractivity contribution in [3.8, 4) is 0 Å². The molecule has 88 valence electrons. The van der Waals surface area contributed by atoms with Crippen molar-refractivity contribution in [1.82, 2.24) is 5.32 Å². The minimum Gasteiger partial charge on any atom is -0.480 e. The molecule has 0 bridgehead atoms. The number of aliphatic hydroxyl groups excluding tert-OH is 2. The van der Waals surface area contributed by atoms with Gasteiger partial charge in [0, 0.05) is 0 Å². The number of aliphatic hydroxyl groups is 2. The van der Waals surface area contributed by atoms with Crippen LogP contribution in [0.2, 0.25) is 0 Å². The Hall–Kier alpha value is -1.14. The van der Waals surface area contributed by atoms with E-state index in [1.54, 1.807) is 0 Å². The van der Waals surface area contributed by atoms with Gasteiger partial charge in [-0.15, -0.1) is 0 Å². The molecule has 0 aromatic carbocycles. The van der Waals surface area contributed by atoms with E-state index in [4.69, 9.17) is 15.3 Å². The number of carbonyl (C=O) groups excluding carboxylic acids is 1. The molecule has 6 heteroatoms. The van der Waals surface area contributed by atoms with Crippen LogP contribution in [-0.4, -0.2) is 45.9 Å². The van der Waals surface area contributed by atoms with Crippen molar-refractivity contribution in [2.24, 2.45) is 5.92 Å². The van der Waals surface area contributed by atoms with Gasteiger partial charge in [-0.2, -0.15) is 0 Å². The third kappa shape index (κ3) is 5.34. The summed E-state index contributed by atoms with van der Waals surface area (Å²) in [7, 11) is 0. The number of nitrogens with one attached hydrogen (secondary N) is 1. The fourth-order valence-corrected chi connectivity index (χ4v) is 1.04. The van der Waals surface area contributed by atoms with E-state index in [-0.39, 0.29) is 12.3 Å². The molecule has 0 spiro atoms. The summed E-state index contributed by atoms with van der Waals surface area (Å²) in [4.78, 5) is 21.8. The summed E-state index contributed by atoms with van der Waals surface area (Å²) in [6.07, 6.45) is -1.29. The van der Waals surface area contributed by atoms with Gasteiger partial charge in [0.1, 0.15) is 6.04 Å². The average molecular weight is 219 g/mol. The number of rotatable bonds is 6. The second kappa shape index (κ2) is 6.36. The van der Waals surface area contributed by atoms with Gasteiger partial charge in [0.15, 0.2) is 6.10 Å². The minimum atomic E-state index is -1.57. The Kier molecular flexibility index (Phi) is 5.88. The third-order valence-corrected chi connectivity index (χ3v) is 1.80. The van der Waals surface area contributed by atoms with Crippen LogP contribution in [0.25, 0.3) is 0 Å². The zero-order valence-electron chi connectivity index (χ0n) is 8.80. The molecule has 0 aliphatic rings. The van der Waals surface area contributed by atoms with Crippen LogP contribution in [0.1, 0.15) is 20.3 Å². The van der Waals surface area contributed by atoms with E-state index >= 15 is 0 Å². The first-order chi connectivity index (χ1) is 6.88. The van der Waals surface area contributed by atoms with Crippen LogP contribution in [-0.2, 0) is 9.59 Å². The quantitative estimate of drug-likeness (QED) is 0.456. The van der Waals surface area contributed by atoms with Gasteiger partial charge in [0.2, 0.25) is 0 Å². The summed E-state index contributed by atoms with van der Waals surface area (Å²) in [5, 5.41) is 28.3. The lowest BCUT2D eigenvalue weighted by molar-refractivity contribution is -0.144. The van der Waals surface area contributed by atoms with Gasteiger partial charge in [0.25, 0.3) is 5.91 Å². The first-order valence-electron chi connectivity index (χ1n) is 4.70. The standard InChI is InChI=1S/C9H17NO5/c1-5(2)3-6(9(14)15)10-8(13)7(12)4-11/h5-7,11-12H,3-4H2,1-2H3,(H,10,13)(H,14,15)/t6-,7?/m0/s1. The van der Waals surface area contributed by atoms with E-state index in [0.29, 0.717) is 0 Å². The summed E-state index contributed by atoms with van der Waals surface area (Å²) >= 11 is 0. The number of aliphatic carboxylic acids is 1. The normalized spacial score (nSPS) is 14.7. The van der Waals surface area contributed by atoms with Gasteiger partial charge in [-0.3, -0.25) is 4.79 Å². The van der Waals surface area contributed by atoms with Crippen LogP contribution in [0, 0.1) is 5.92 Å². The molecule has 2 atom stereocenters. The molecule has 1 unspecified atom stereocenters. The fourth-order valence-electron chi connectivity index (χ4n) is 1.04. The van der Waals surface area contributed by atoms with Gasteiger partial charge in [-0.05, 0) is 12.3 Å². The summed E-state index contributed by atoms with van der Waals surface area (Å²) in [6, 6.07) is -1.03. The zero-order chi connectivity index (χ0) is 12.0. The molecule has 0 aromatic rings. The Morgan fingerprint density at radius 3 is 2.20 bits per heavy atom. The molecule has 0 aromatic heterocycles. The van der Waals surface area contributed by atoms with E-state index in [0.717, 1.165) is 0 Å². The Morgan fingerprint density at radius 1 is 1.33 bits per heavy atom. The largest absolute Gasteiger partial charge is 0.480 e. The third-order valence-electron chi connectivity index (χ3n) is 1.80. The maximum atomic E-state index is 11.1. The van der Waals surface area contributed by atoms with Crippen molar-refractivity contribution in [3.63, 3.8) is 0 Å². The lowest BCUT2D eigenvalue weighted by Crippen LogP contribution is -2.47. The van der Waals surface area contributed by atoms with Crippen molar-refractivity contribution in [3.05, 3.63) is 0 Å². The van der Waals surface area contributed by atoms with Crippen molar-refractivity contribution in [2.75, 3.05) is 6.61 Å². The van der Waals surface area contributed by atoms with E-state index in [9.17, 15) is 9.59 Å². The van der Waals surface area contributed by atoms with Crippen LogP contribution in [0.5, 0.6) is 0 Å². The molecule has 1 amide bonds. The van der Waals surface area contributed by atoms with Crippen molar-refractivity contribution in [1.29, 1.82) is 0 Å². The molecule has 0 saturated heterocycles. The highest BCUT2D eigenvalue weighted by Gasteiger charge is 2.24. The summed E-state index contributed by atoms with van der Waals surface area (Å²) in [5.41, 5.74) is 0. The molecular formula is C9H17NO5. The maximum Gasteiger partial charge on any atom is 0.326 e. The molecule has 6 nitrogen and oxygen atoms in total. The second-order valence-corrected chi connectivity index (χ2v) is 3.73. The van der Waals surface area contributed by atoms with Crippen LogP contribution in [0.4, 0.5) is 0 Å². The topological polar surface area (TPSA) is 107 Å². The van der Waals surface area contributed by atoms with Gasteiger partial charge in [0.05, 0.1) is 6.61 Å². The SMILES string of the molecule is CC(C)C[C@H](NC(=O)C(O)CO)C(=O)O. The lowest BCUT2D eigenvalue weighted by Gasteiger charge is -2.17. The van der Waals surface area contributed by atoms with E-state index in [1.807, 2.05) is 13.8 Å². The number of carboxylic acids is 1. The number of carbonyl (C=O) groups is 2. The number of carboxylic acid groups (broad SMARTS) is 1. The smallest absolute Gasteiger partial charge is 0.326 e. The summed E-state index contributed by atoms with van der Waals surface area (Å²) in [5.74, 6) is -1.91. The zero-order valence-corrected chi connectivity index (χ0v) is 8.80. The van der Waals surface area contributed by atoms with Crippen LogP contribution in [0.3, 0.4) is 0 Å². The lowest BCUT2D eigenvalue weighted by atomic mass is 10.0. The summed E-state index contributed by atoms with van der Waals surface area (Å²) in [6.45, 7) is 2.93. The van der Waals surface area contributed by atoms with Gasteiger partial charge in [-0.25, -0.2) is 4.79 Å². The molecule has 0 aliphatic heterocycles. The highest BCUT2D eigenvalue weighted by atomic mass is 16.4. The molecule has 4 N–H and O–H groups in total. The van der Waals surface area contributed by atoms with Gasteiger partial charge in [-0.1, -0.05) is 13.8 Å². The predicted molar refractivity (Wildman–Crippen MR) is 52.1 cm³/mol. The van der Waals surface area contributed by atoms with Gasteiger partial charge < -0.3 is 20.6 Å². The van der Waals surface area contributed by atoms with E-state index in [2.05, 4.69) is 5.32 Å². The fraction of sp³-hybridized carbons (Fsp3) is 0.778. The Bertz CT molecular complexity index is 229. The Labute approximate surface area is 87.9 Å². The molecule has 0 radical (unpaired) electrons. The Balaban J connectivity index is 4.29. The molecule has 0 aliphatic carbocycles. The number of hydrogen-bond donors (Lipinski definition) is 4. The second-order valence-electron chi connectivity index (χ2n) is 3.73. The van der Waals surface area contributed by atoms with E-state index in [1.165, 1.54) is 0 Å². The monoisotopic (exact) mass is 219 g/mol. The first-order valence-corrected chi connectivity index (χ1v) is 4.70. The highest BCUT2D eigenvalue weighted by molar-refractivity contribution is 5.86. The highest BCUT2D eigenvalue weighted by Crippen LogP contribution is 2.05. The number of hydrogen-bond acceptors (Lipinski definition) is 4. The molecular weight excluding hydrogens is 202 g/mol.